The van der Waals surface area contributed by atoms with Crippen molar-refractivity contribution in [3.8, 4) is 0 Å². The fourth-order valence-electron chi connectivity index (χ4n) is 4.66. The molecule has 1 aromatic carbocycles. The van der Waals surface area contributed by atoms with Crippen molar-refractivity contribution in [2.24, 2.45) is 4.99 Å². The highest BCUT2D eigenvalue weighted by atomic mass is 35.5. The molecule has 1 aromatic rings. The zero-order valence-electron chi connectivity index (χ0n) is 19.0. The first-order valence-electron chi connectivity index (χ1n) is 11.3. The number of ether oxygens (including phenoxy) is 1. The molecular formula is C24H30ClN3O4S. The molecule has 4 rings (SSSR count). The SMILES string of the molecule is CC(C1=N/C=C(OCCN2CCC3(CC2)C(=O)Nc2ccc(Cl)cc23)\C=C/CC1)S(C)(=O)=O. The summed E-state index contributed by atoms with van der Waals surface area (Å²) in [6.07, 6.45) is 9.55. The van der Waals surface area contributed by atoms with Crippen LogP contribution in [0.4, 0.5) is 5.69 Å². The van der Waals surface area contributed by atoms with Crippen molar-refractivity contribution in [1.82, 2.24) is 4.90 Å². The molecule has 0 aromatic heterocycles. The Bertz CT molecular complexity index is 1120. The molecule has 33 heavy (non-hydrogen) atoms. The van der Waals surface area contributed by atoms with E-state index in [-0.39, 0.29) is 5.91 Å². The van der Waals surface area contributed by atoms with Crippen LogP contribution < -0.4 is 5.32 Å². The van der Waals surface area contributed by atoms with Gasteiger partial charge in [0.1, 0.15) is 12.4 Å². The number of hydrogen-bond acceptors (Lipinski definition) is 6. The van der Waals surface area contributed by atoms with Gasteiger partial charge in [0.25, 0.3) is 0 Å². The minimum atomic E-state index is -3.18. The highest BCUT2D eigenvalue weighted by Crippen LogP contribution is 2.45. The van der Waals surface area contributed by atoms with Crippen LogP contribution in [0.5, 0.6) is 0 Å². The first-order chi connectivity index (χ1) is 15.7. The number of nitrogens with one attached hydrogen (secondary N) is 1. The Morgan fingerprint density at radius 3 is 2.79 bits per heavy atom. The number of amides is 1. The summed E-state index contributed by atoms with van der Waals surface area (Å²) in [6.45, 7) is 4.50. The maximum atomic E-state index is 12.8. The van der Waals surface area contributed by atoms with Crippen LogP contribution in [0.3, 0.4) is 0 Å². The smallest absolute Gasteiger partial charge is 0.235 e. The zero-order valence-corrected chi connectivity index (χ0v) is 20.6. The maximum absolute atomic E-state index is 12.8. The molecule has 3 aliphatic heterocycles. The van der Waals surface area contributed by atoms with Crippen LogP contribution in [0.2, 0.25) is 5.02 Å². The van der Waals surface area contributed by atoms with Crippen LogP contribution in [-0.4, -0.2) is 62.7 Å². The lowest BCUT2D eigenvalue weighted by atomic mass is 9.73. The second-order valence-electron chi connectivity index (χ2n) is 8.98. The second-order valence-corrected chi connectivity index (χ2v) is 11.8. The van der Waals surface area contributed by atoms with Crippen molar-refractivity contribution < 1.29 is 17.9 Å². The van der Waals surface area contributed by atoms with E-state index in [4.69, 9.17) is 16.3 Å². The van der Waals surface area contributed by atoms with Gasteiger partial charge in [-0.15, -0.1) is 0 Å². The largest absolute Gasteiger partial charge is 0.491 e. The molecule has 1 saturated heterocycles. The lowest BCUT2D eigenvalue weighted by Crippen LogP contribution is -2.47. The van der Waals surface area contributed by atoms with Crippen molar-refractivity contribution in [1.29, 1.82) is 0 Å². The van der Waals surface area contributed by atoms with Gasteiger partial charge in [-0.25, -0.2) is 8.42 Å². The number of fused-ring (bicyclic) bond motifs is 2. The molecule has 178 valence electrons. The number of aliphatic imine (C=N–C) groups is 1. The molecule has 1 N–H and O–H groups in total. The lowest BCUT2D eigenvalue weighted by Gasteiger charge is -2.38. The average Bonchev–Trinajstić information content (AvgIpc) is 3.01. The minimum absolute atomic E-state index is 0.0671. The Morgan fingerprint density at radius 1 is 1.30 bits per heavy atom. The molecule has 1 unspecified atom stereocenters. The predicted octanol–water partition coefficient (Wildman–Crippen LogP) is 3.71. The van der Waals surface area contributed by atoms with Crippen LogP contribution in [-0.2, 0) is 24.8 Å². The molecule has 1 spiro atoms. The van der Waals surface area contributed by atoms with Crippen LogP contribution in [0, 0.1) is 0 Å². The number of anilines is 1. The van der Waals surface area contributed by atoms with E-state index in [9.17, 15) is 13.2 Å². The van der Waals surface area contributed by atoms with Crippen molar-refractivity contribution >= 4 is 38.7 Å². The third-order valence-electron chi connectivity index (χ3n) is 6.88. The number of sulfone groups is 1. The van der Waals surface area contributed by atoms with Gasteiger partial charge in [-0.3, -0.25) is 14.7 Å². The zero-order chi connectivity index (χ0) is 23.6. The summed E-state index contributed by atoms with van der Waals surface area (Å²) >= 11 is 6.20. The Morgan fingerprint density at radius 2 is 2.06 bits per heavy atom. The number of benzene rings is 1. The number of likely N-dealkylation sites (tertiary alicyclic amines) is 1. The molecule has 0 bridgehead atoms. The molecule has 3 aliphatic rings. The van der Waals surface area contributed by atoms with E-state index in [1.165, 1.54) is 6.26 Å². The van der Waals surface area contributed by atoms with E-state index < -0.39 is 20.5 Å². The number of halogens is 1. The quantitative estimate of drug-likeness (QED) is 0.655. The first-order valence-corrected chi connectivity index (χ1v) is 13.6. The van der Waals surface area contributed by atoms with Gasteiger partial charge in [0.2, 0.25) is 5.91 Å². The molecule has 3 heterocycles. The monoisotopic (exact) mass is 491 g/mol. The van der Waals surface area contributed by atoms with E-state index in [0.29, 0.717) is 29.5 Å². The van der Waals surface area contributed by atoms with Crippen molar-refractivity contribution in [2.45, 2.75) is 43.3 Å². The number of hydrogen-bond donors (Lipinski definition) is 1. The van der Waals surface area contributed by atoms with Crippen LogP contribution in [0.15, 0.2) is 47.3 Å². The fraction of sp³-hybridized carbons (Fsp3) is 0.500. The molecule has 1 atom stereocenters. The van der Waals surface area contributed by atoms with Gasteiger partial charge in [0, 0.05) is 29.2 Å². The molecule has 1 amide bonds. The number of carbonyl (C=O) groups is 1. The minimum Gasteiger partial charge on any atom is -0.491 e. The third-order valence-corrected chi connectivity index (χ3v) is 8.68. The Hall–Kier alpha value is -2.16. The molecule has 9 heteroatoms. The molecular weight excluding hydrogens is 462 g/mol. The Balaban J connectivity index is 1.33. The van der Waals surface area contributed by atoms with Crippen molar-refractivity contribution in [3.63, 3.8) is 0 Å². The van der Waals surface area contributed by atoms with Crippen molar-refractivity contribution in [2.75, 3.05) is 37.8 Å². The van der Waals surface area contributed by atoms with Gasteiger partial charge in [0.05, 0.1) is 16.9 Å². The predicted molar refractivity (Wildman–Crippen MR) is 132 cm³/mol. The number of nitrogens with zero attached hydrogens (tertiary/aromatic N) is 2. The van der Waals surface area contributed by atoms with Crippen LogP contribution in [0.25, 0.3) is 0 Å². The van der Waals surface area contributed by atoms with Gasteiger partial charge in [-0.05, 0) is 75.5 Å². The summed E-state index contributed by atoms with van der Waals surface area (Å²) < 4.78 is 29.7. The number of carbonyl (C=O) groups excluding carboxylic acids is 1. The van der Waals surface area contributed by atoms with Crippen LogP contribution in [0.1, 0.15) is 38.2 Å². The lowest BCUT2D eigenvalue weighted by molar-refractivity contribution is -0.122. The Labute approximate surface area is 200 Å². The number of allylic oxidation sites excluding steroid dienone is 2. The van der Waals surface area contributed by atoms with Gasteiger partial charge in [0.15, 0.2) is 9.84 Å². The molecule has 0 radical (unpaired) electrons. The Kier molecular flexibility index (Phi) is 6.98. The van der Waals surface area contributed by atoms with Gasteiger partial charge < -0.3 is 10.1 Å². The molecule has 0 aliphatic carbocycles. The summed E-state index contributed by atoms with van der Waals surface area (Å²) in [4.78, 5) is 19.5. The highest BCUT2D eigenvalue weighted by Gasteiger charge is 2.48. The summed E-state index contributed by atoms with van der Waals surface area (Å²) in [7, 11) is -3.18. The molecule has 7 nitrogen and oxygen atoms in total. The third kappa shape index (κ3) is 5.18. The molecule has 0 saturated carbocycles. The van der Waals surface area contributed by atoms with Crippen molar-refractivity contribution in [3.05, 3.63) is 52.9 Å². The molecule has 1 fully saturated rings. The summed E-state index contributed by atoms with van der Waals surface area (Å²) in [5.41, 5.74) is 2.04. The van der Waals surface area contributed by atoms with E-state index in [1.807, 2.05) is 24.3 Å². The van der Waals surface area contributed by atoms with Gasteiger partial charge in [-0.1, -0.05) is 17.7 Å². The average molecular weight is 492 g/mol. The van der Waals surface area contributed by atoms with Gasteiger partial charge in [-0.2, -0.15) is 0 Å². The first kappa shape index (κ1) is 24.0. The summed E-state index contributed by atoms with van der Waals surface area (Å²) in [5, 5.41) is 3.06. The second kappa shape index (κ2) is 9.60. The van der Waals surface area contributed by atoms with E-state index in [1.54, 1.807) is 19.2 Å². The fourth-order valence-corrected chi connectivity index (χ4v) is 5.50. The summed E-state index contributed by atoms with van der Waals surface area (Å²) in [6, 6.07) is 5.60. The maximum Gasteiger partial charge on any atom is 0.235 e. The summed E-state index contributed by atoms with van der Waals surface area (Å²) in [5.74, 6) is 0.692. The number of piperidine rings is 1. The normalized spacial score (nSPS) is 24.0. The van der Waals surface area contributed by atoms with Crippen LogP contribution >= 0.6 is 11.6 Å². The van der Waals surface area contributed by atoms with E-state index >= 15 is 0 Å². The van der Waals surface area contributed by atoms with Gasteiger partial charge >= 0.3 is 0 Å². The number of rotatable bonds is 6. The highest BCUT2D eigenvalue weighted by molar-refractivity contribution is 7.92. The van der Waals surface area contributed by atoms with E-state index in [0.717, 1.165) is 50.1 Å². The standard InChI is InChI=1S/C24H30ClN3O4S/c1-17(33(2,30)31)21-6-4-3-5-19(16-26-21)32-14-13-28-11-9-24(10-12-28)20-15-18(25)7-8-22(20)27-23(24)29/h3,5,7-8,15-17H,4,6,9-14H2,1-2H3,(H,27,29)/b5-3-,19-16+,26-21?. The topological polar surface area (TPSA) is 88.1 Å². The van der Waals surface area contributed by atoms with E-state index in [2.05, 4.69) is 15.2 Å².